The highest BCUT2D eigenvalue weighted by atomic mass is 16.2. The third-order valence-electron chi connectivity index (χ3n) is 5.63. The second-order valence-electron chi connectivity index (χ2n) is 8.18. The standard InChI is InChI=1S/C24H29N3O3/c1-18(28)25-17-19-9-11-20(12-10-19)22(29)26-13-15-27(16-14-26)23(30)24(2,3)21-7-5-4-6-8-21/h4-12H,13-17H2,1-3H3,(H,25,28). The van der Waals surface area contributed by atoms with Crippen molar-refractivity contribution in [2.45, 2.75) is 32.7 Å². The second kappa shape index (κ2) is 9.11. The highest BCUT2D eigenvalue weighted by Gasteiger charge is 2.35. The van der Waals surface area contributed by atoms with Gasteiger partial charge in [-0.15, -0.1) is 0 Å². The number of carbonyl (C=O) groups is 3. The summed E-state index contributed by atoms with van der Waals surface area (Å²) in [5, 5.41) is 2.74. The Hall–Kier alpha value is -3.15. The van der Waals surface area contributed by atoms with Crippen LogP contribution in [0.3, 0.4) is 0 Å². The van der Waals surface area contributed by atoms with E-state index in [1.807, 2.05) is 61.2 Å². The molecule has 158 valence electrons. The first-order valence-electron chi connectivity index (χ1n) is 10.3. The van der Waals surface area contributed by atoms with Gasteiger partial charge in [-0.1, -0.05) is 42.5 Å². The largest absolute Gasteiger partial charge is 0.352 e. The Morgan fingerprint density at radius 1 is 0.867 bits per heavy atom. The lowest BCUT2D eigenvalue weighted by molar-refractivity contribution is -0.137. The van der Waals surface area contributed by atoms with E-state index >= 15 is 0 Å². The Bertz CT molecular complexity index is 899. The summed E-state index contributed by atoms with van der Waals surface area (Å²) in [6.07, 6.45) is 0. The van der Waals surface area contributed by atoms with Crippen molar-refractivity contribution < 1.29 is 14.4 Å². The van der Waals surface area contributed by atoms with Crippen LogP contribution in [0.4, 0.5) is 0 Å². The van der Waals surface area contributed by atoms with Gasteiger partial charge in [0, 0.05) is 45.2 Å². The fraction of sp³-hybridized carbons (Fsp3) is 0.375. The first kappa shape index (κ1) is 21.6. The minimum Gasteiger partial charge on any atom is -0.352 e. The van der Waals surface area contributed by atoms with E-state index in [2.05, 4.69) is 5.32 Å². The molecule has 0 unspecified atom stereocenters. The van der Waals surface area contributed by atoms with Gasteiger partial charge in [-0.2, -0.15) is 0 Å². The Kier molecular flexibility index (Phi) is 6.55. The average molecular weight is 408 g/mol. The van der Waals surface area contributed by atoms with Gasteiger partial charge in [-0.05, 0) is 37.1 Å². The molecule has 6 nitrogen and oxygen atoms in total. The molecule has 3 rings (SSSR count). The van der Waals surface area contributed by atoms with Crippen LogP contribution in [0.2, 0.25) is 0 Å². The molecule has 0 saturated carbocycles. The zero-order chi connectivity index (χ0) is 21.7. The maximum absolute atomic E-state index is 13.1. The maximum Gasteiger partial charge on any atom is 0.253 e. The minimum atomic E-state index is -0.600. The van der Waals surface area contributed by atoms with Crippen molar-refractivity contribution in [2.75, 3.05) is 26.2 Å². The van der Waals surface area contributed by atoms with Gasteiger partial charge in [0.05, 0.1) is 5.41 Å². The van der Waals surface area contributed by atoms with Crippen molar-refractivity contribution >= 4 is 17.7 Å². The van der Waals surface area contributed by atoms with Crippen LogP contribution in [-0.4, -0.2) is 53.7 Å². The van der Waals surface area contributed by atoms with Crippen molar-refractivity contribution in [3.8, 4) is 0 Å². The zero-order valence-electron chi connectivity index (χ0n) is 17.9. The Balaban J connectivity index is 1.58. The lowest BCUT2D eigenvalue weighted by Crippen LogP contribution is -2.54. The van der Waals surface area contributed by atoms with Crippen LogP contribution in [-0.2, 0) is 21.5 Å². The van der Waals surface area contributed by atoms with Gasteiger partial charge < -0.3 is 15.1 Å². The highest BCUT2D eigenvalue weighted by molar-refractivity contribution is 5.94. The van der Waals surface area contributed by atoms with E-state index in [-0.39, 0.29) is 17.7 Å². The van der Waals surface area contributed by atoms with Gasteiger partial charge in [0.2, 0.25) is 11.8 Å². The minimum absolute atomic E-state index is 0.0319. The lowest BCUT2D eigenvalue weighted by atomic mass is 9.83. The monoisotopic (exact) mass is 407 g/mol. The van der Waals surface area contributed by atoms with Crippen LogP contribution in [0.15, 0.2) is 54.6 Å². The fourth-order valence-electron chi connectivity index (χ4n) is 3.66. The van der Waals surface area contributed by atoms with Crippen molar-refractivity contribution in [3.05, 3.63) is 71.3 Å². The summed E-state index contributed by atoms with van der Waals surface area (Å²) in [6.45, 7) is 7.91. The van der Waals surface area contributed by atoms with Crippen molar-refractivity contribution in [3.63, 3.8) is 0 Å². The second-order valence-corrected chi connectivity index (χ2v) is 8.18. The number of piperazine rings is 1. The third kappa shape index (κ3) is 4.87. The van der Waals surface area contributed by atoms with E-state index in [1.165, 1.54) is 6.92 Å². The molecule has 2 aromatic rings. The van der Waals surface area contributed by atoms with Crippen LogP contribution < -0.4 is 5.32 Å². The molecule has 1 heterocycles. The number of hydrogen-bond donors (Lipinski definition) is 1. The van der Waals surface area contributed by atoms with Crippen LogP contribution in [0.5, 0.6) is 0 Å². The molecule has 0 aromatic heterocycles. The van der Waals surface area contributed by atoms with E-state index < -0.39 is 5.41 Å². The summed E-state index contributed by atoms with van der Waals surface area (Å²) in [5.74, 6) is -0.0309. The molecule has 2 aromatic carbocycles. The molecule has 0 atom stereocenters. The van der Waals surface area contributed by atoms with E-state index in [4.69, 9.17) is 0 Å². The van der Waals surface area contributed by atoms with Crippen LogP contribution in [0, 0.1) is 0 Å². The molecule has 0 bridgehead atoms. The molecule has 0 radical (unpaired) electrons. The third-order valence-corrected chi connectivity index (χ3v) is 5.63. The maximum atomic E-state index is 13.1. The zero-order valence-corrected chi connectivity index (χ0v) is 17.9. The van der Waals surface area contributed by atoms with Crippen LogP contribution in [0.1, 0.15) is 42.3 Å². The summed E-state index contributed by atoms with van der Waals surface area (Å²) < 4.78 is 0. The molecule has 6 heteroatoms. The molecule has 0 aliphatic carbocycles. The molecule has 1 fully saturated rings. The van der Waals surface area contributed by atoms with Crippen molar-refractivity contribution in [1.82, 2.24) is 15.1 Å². The van der Waals surface area contributed by atoms with Gasteiger partial charge in [0.1, 0.15) is 0 Å². The lowest BCUT2D eigenvalue weighted by Gasteiger charge is -2.38. The van der Waals surface area contributed by atoms with Gasteiger partial charge >= 0.3 is 0 Å². The van der Waals surface area contributed by atoms with Crippen LogP contribution in [0.25, 0.3) is 0 Å². The summed E-state index contributed by atoms with van der Waals surface area (Å²) in [7, 11) is 0. The Morgan fingerprint density at radius 3 is 2.00 bits per heavy atom. The number of benzene rings is 2. The Morgan fingerprint density at radius 2 is 1.43 bits per heavy atom. The molecule has 1 N–H and O–H groups in total. The highest BCUT2D eigenvalue weighted by Crippen LogP contribution is 2.26. The Labute approximate surface area is 177 Å². The van der Waals surface area contributed by atoms with Crippen LogP contribution >= 0.6 is 0 Å². The SMILES string of the molecule is CC(=O)NCc1ccc(C(=O)N2CCN(C(=O)C(C)(C)c3ccccc3)CC2)cc1. The molecule has 3 amide bonds. The molecule has 30 heavy (non-hydrogen) atoms. The van der Waals surface area contributed by atoms with Crippen molar-refractivity contribution in [2.24, 2.45) is 0 Å². The molecule has 1 aliphatic heterocycles. The number of rotatable bonds is 5. The smallest absolute Gasteiger partial charge is 0.253 e. The van der Waals surface area contributed by atoms with E-state index in [1.54, 1.807) is 17.0 Å². The topological polar surface area (TPSA) is 69.7 Å². The summed E-state index contributed by atoms with van der Waals surface area (Å²) in [6, 6.07) is 17.1. The number of amides is 3. The quantitative estimate of drug-likeness (QED) is 0.828. The normalized spacial score (nSPS) is 14.4. The van der Waals surface area contributed by atoms with E-state index in [0.717, 1.165) is 11.1 Å². The van der Waals surface area contributed by atoms with E-state index in [0.29, 0.717) is 38.3 Å². The first-order chi connectivity index (χ1) is 14.3. The first-order valence-corrected chi connectivity index (χ1v) is 10.3. The summed E-state index contributed by atoms with van der Waals surface area (Å²) in [5.41, 5.74) is 1.95. The average Bonchev–Trinajstić information content (AvgIpc) is 2.77. The molecule has 0 spiro atoms. The molecular weight excluding hydrogens is 378 g/mol. The van der Waals surface area contributed by atoms with E-state index in [9.17, 15) is 14.4 Å². The number of hydrogen-bond acceptors (Lipinski definition) is 3. The van der Waals surface area contributed by atoms with Gasteiger partial charge in [0.15, 0.2) is 0 Å². The van der Waals surface area contributed by atoms with Gasteiger partial charge in [-0.3, -0.25) is 14.4 Å². The molecular formula is C24H29N3O3. The number of nitrogens with one attached hydrogen (secondary N) is 1. The molecule has 1 aliphatic rings. The van der Waals surface area contributed by atoms with Gasteiger partial charge in [0.25, 0.3) is 5.91 Å². The van der Waals surface area contributed by atoms with Gasteiger partial charge in [-0.25, -0.2) is 0 Å². The number of carbonyl (C=O) groups excluding carboxylic acids is 3. The molecule has 1 saturated heterocycles. The van der Waals surface area contributed by atoms with Crippen molar-refractivity contribution in [1.29, 1.82) is 0 Å². The summed E-state index contributed by atoms with van der Waals surface area (Å²) in [4.78, 5) is 40.6. The number of nitrogens with zero attached hydrogens (tertiary/aromatic N) is 2. The predicted octanol–water partition coefficient (Wildman–Crippen LogP) is 2.58. The fourth-order valence-corrected chi connectivity index (χ4v) is 3.66. The summed E-state index contributed by atoms with van der Waals surface area (Å²) >= 11 is 0. The predicted molar refractivity (Wildman–Crippen MR) is 116 cm³/mol.